The predicted molar refractivity (Wildman–Crippen MR) is 92.1 cm³/mol. The lowest BCUT2D eigenvalue weighted by atomic mass is 9.98. The lowest BCUT2D eigenvalue weighted by Gasteiger charge is -2.33. The minimum atomic E-state index is 0. The second-order valence-corrected chi connectivity index (χ2v) is 6.10. The summed E-state index contributed by atoms with van der Waals surface area (Å²) in [7, 11) is 0. The third kappa shape index (κ3) is 4.62. The summed E-state index contributed by atoms with van der Waals surface area (Å²) in [5.74, 6) is 1.34. The fraction of sp³-hybridized carbons (Fsp3) is 0.588. The Morgan fingerprint density at radius 1 is 1.45 bits per heavy atom. The first kappa shape index (κ1) is 18.8. The van der Waals surface area contributed by atoms with E-state index in [1.54, 1.807) is 0 Å². The van der Waals surface area contributed by atoms with E-state index in [9.17, 15) is 4.79 Å². The summed E-state index contributed by atoms with van der Waals surface area (Å²) < 4.78 is 5.67. The Balaban J connectivity index is 0.00000242. The Hall–Kier alpha value is -1.26. The summed E-state index contributed by atoms with van der Waals surface area (Å²) in [4.78, 5) is 14.1. The first-order chi connectivity index (χ1) is 9.99. The molecule has 0 aromatic heterocycles. The van der Waals surface area contributed by atoms with Gasteiger partial charge in [0.15, 0.2) is 6.61 Å². The molecule has 1 fully saturated rings. The van der Waals surface area contributed by atoms with Crippen LogP contribution in [0, 0.1) is 6.92 Å². The Kier molecular flexibility index (Phi) is 7.17. The van der Waals surface area contributed by atoms with Crippen LogP contribution in [-0.4, -0.2) is 43.1 Å². The first-order valence-electron chi connectivity index (χ1n) is 7.72. The third-order valence-electron chi connectivity index (χ3n) is 4.05. The van der Waals surface area contributed by atoms with Gasteiger partial charge in [-0.05, 0) is 43.0 Å². The second-order valence-electron chi connectivity index (χ2n) is 6.10. The highest BCUT2D eigenvalue weighted by atomic mass is 35.5. The quantitative estimate of drug-likeness (QED) is 0.925. The van der Waals surface area contributed by atoms with Gasteiger partial charge >= 0.3 is 0 Å². The molecule has 1 aromatic rings. The number of ether oxygens (including phenoxy) is 1. The molecule has 1 aromatic carbocycles. The number of nitrogens with zero attached hydrogens (tertiary/aromatic N) is 1. The van der Waals surface area contributed by atoms with Crippen LogP contribution in [-0.2, 0) is 4.79 Å². The molecule has 1 amide bonds. The van der Waals surface area contributed by atoms with Crippen LogP contribution < -0.4 is 10.1 Å². The predicted octanol–water partition coefficient (Wildman–Crippen LogP) is 2.74. The fourth-order valence-corrected chi connectivity index (χ4v) is 2.83. The van der Waals surface area contributed by atoms with Crippen LogP contribution in [0.5, 0.6) is 5.75 Å². The van der Waals surface area contributed by atoms with Gasteiger partial charge in [0, 0.05) is 25.7 Å². The maximum Gasteiger partial charge on any atom is 0.260 e. The van der Waals surface area contributed by atoms with Gasteiger partial charge in [0.2, 0.25) is 0 Å². The van der Waals surface area contributed by atoms with Crippen LogP contribution in [0.2, 0.25) is 0 Å². The minimum Gasteiger partial charge on any atom is -0.484 e. The number of aryl methyl sites for hydroxylation is 1. The maximum absolute atomic E-state index is 12.2. The van der Waals surface area contributed by atoms with E-state index < -0.39 is 0 Å². The Morgan fingerprint density at radius 2 is 2.18 bits per heavy atom. The van der Waals surface area contributed by atoms with Gasteiger partial charge in [-0.2, -0.15) is 0 Å². The van der Waals surface area contributed by atoms with E-state index in [0.717, 1.165) is 25.4 Å². The van der Waals surface area contributed by atoms with E-state index >= 15 is 0 Å². The smallest absolute Gasteiger partial charge is 0.260 e. The van der Waals surface area contributed by atoms with E-state index in [1.165, 1.54) is 11.1 Å². The standard InChI is InChI=1S/C17H26N2O2.ClH/c1-12(2)16-6-5-15(9-13(16)3)21-11-17(20)19-8-7-18-10-14(19)4;/h5-6,9,12,14,18H,7-8,10-11H2,1-4H3;1H/t14-;/m0./s1. The highest BCUT2D eigenvalue weighted by Gasteiger charge is 2.23. The average Bonchev–Trinajstić information content (AvgIpc) is 2.45. The Morgan fingerprint density at radius 3 is 2.77 bits per heavy atom. The zero-order valence-corrected chi connectivity index (χ0v) is 14.7. The van der Waals surface area contributed by atoms with E-state index in [-0.39, 0.29) is 31.0 Å². The number of benzene rings is 1. The number of hydrogen-bond acceptors (Lipinski definition) is 3. The van der Waals surface area contributed by atoms with Crippen molar-refractivity contribution < 1.29 is 9.53 Å². The van der Waals surface area contributed by atoms with Crippen LogP contribution in [0.15, 0.2) is 18.2 Å². The SMILES string of the molecule is Cc1cc(OCC(=O)N2CCNC[C@@H]2C)ccc1C(C)C.Cl. The third-order valence-corrected chi connectivity index (χ3v) is 4.05. The molecule has 4 nitrogen and oxygen atoms in total. The molecular formula is C17H27ClN2O2. The molecule has 0 spiro atoms. The molecule has 1 aliphatic heterocycles. The van der Waals surface area contributed by atoms with Crippen molar-refractivity contribution in [3.05, 3.63) is 29.3 Å². The molecule has 1 saturated heterocycles. The van der Waals surface area contributed by atoms with Crippen LogP contribution in [0.4, 0.5) is 0 Å². The maximum atomic E-state index is 12.2. The van der Waals surface area contributed by atoms with Crippen molar-refractivity contribution in [1.29, 1.82) is 0 Å². The van der Waals surface area contributed by atoms with E-state index in [2.05, 4.69) is 39.1 Å². The van der Waals surface area contributed by atoms with Gasteiger partial charge < -0.3 is 15.0 Å². The van der Waals surface area contributed by atoms with Crippen LogP contribution in [0.25, 0.3) is 0 Å². The van der Waals surface area contributed by atoms with Crippen molar-refractivity contribution in [3.8, 4) is 5.75 Å². The molecule has 5 heteroatoms. The summed E-state index contributed by atoms with van der Waals surface area (Å²) in [5, 5.41) is 3.28. The summed E-state index contributed by atoms with van der Waals surface area (Å²) >= 11 is 0. The lowest BCUT2D eigenvalue weighted by molar-refractivity contribution is -0.136. The molecule has 0 unspecified atom stereocenters. The Bertz CT molecular complexity index is 505. The largest absolute Gasteiger partial charge is 0.484 e. The van der Waals surface area contributed by atoms with Crippen molar-refractivity contribution in [1.82, 2.24) is 10.2 Å². The van der Waals surface area contributed by atoms with Gasteiger partial charge in [0.25, 0.3) is 5.91 Å². The van der Waals surface area contributed by atoms with Crippen LogP contribution in [0.3, 0.4) is 0 Å². The number of carbonyl (C=O) groups is 1. The number of piperazine rings is 1. The van der Waals surface area contributed by atoms with Gasteiger partial charge in [0.1, 0.15) is 5.75 Å². The molecule has 1 atom stereocenters. The molecule has 0 bridgehead atoms. The highest BCUT2D eigenvalue weighted by Crippen LogP contribution is 2.23. The molecule has 22 heavy (non-hydrogen) atoms. The van der Waals surface area contributed by atoms with Gasteiger partial charge in [0.05, 0.1) is 0 Å². The number of amides is 1. The van der Waals surface area contributed by atoms with Crippen molar-refractivity contribution in [2.45, 2.75) is 39.7 Å². The average molecular weight is 327 g/mol. The number of nitrogens with one attached hydrogen (secondary N) is 1. The number of rotatable bonds is 4. The van der Waals surface area contributed by atoms with Crippen LogP contribution >= 0.6 is 12.4 Å². The molecule has 1 N–H and O–H groups in total. The van der Waals surface area contributed by atoms with Crippen molar-refractivity contribution in [2.75, 3.05) is 26.2 Å². The number of hydrogen-bond donors (Lipinski definition) is 1. The van der Waals surface area contributed by atoms with Gasteiger partial charge in [-0.15, -0.1) is 12.4 Å². The molecule has 0 radical (unpaired) electrons. The monoisotopic (exact) mass is 326 g/mol. The molecular weight excluding hydrogens is 300 g/mol. The van der Waals surface area contributed by atoms with Crippen molar-refractivity contribution in [2.24, 2.45) is 0 Å². The molecule has 124 valence electrons. The zero-order valence-electron chi connectivity index (χ0n) is 13.9. The summed E-state index contributed by atoms with van der Waals surface area (Å²) in [5.41, 5.74) is 2.54. The molecule has 0 saturated carbocycles. The number of halogens is 1. The summed E-state index contributed by atoms with van der Waals surface area (Å²) in [6, 6.07) is 6.30. The minimum absolute atomic E-state index is 0. The van der Waals surface area contributed by atoms with Crippen LogP contribution in [0.1, 0.15) is 37.8 Å². The van der Waals surface area contributed by atoms with Gasteiger partial charge in [-0.1, -0.05) is 19.9 Å². The molecule has 1 heterocycles. The zero-order chi connectivity index (χ0) is 15.4. The van der Waals surface area contributed by atoms with Gasteiger partial charge in [-0.3, -0.25) is 4.79 Å². The van der Waals surface area contributed by atoms with E-state index in [0.29, 0.717) is 5.92 Å². The first-order valence-corrected chi connectivity index (χ1v) is 7.72. The highest BCUT2D eigenvalue weighted by molar-refractivity contribution is 5.85. The summed E-state index contributed by atoms with van der Waals surface area (Å²) in [6.07, 6.45) is 0. The topological polar surface area (TPSA) is 41.6 Å². The normalized spacial score (nSPS) is 18.0. The van der Waals surface area contributed by atoms with Gasteiger partial charge in [-0.25, -0.2) is 0 Å². The molecule has 2 rings (SSSR count). The van der Waals surface area contributed by atoms with E-state index in [1.807, 2.05) is 17.0 Å². The second kappa shape index (κ2) is 8.39. The van der Waals surface area contributed by atoms with Crippen molar-refractivity contribution in [3.63, 3.8) is 0 Å². The number of carbonyl (C=O) groups excluding carboxylic acids is 1. The summed E-state index contributed by atoms with van der Waals surface area (Å²) in [6.45, 7) is 11.1. The van der Waals surface area contributed by atoms with Crippen molar-refractivity contribution >= 4 is 18.3 Å². The lowest BCUT2D eigenvalue weighted by Crippen LogP contribution is -2.53. The molecule has 1 aliphatic rings. The van der Waals surface area contributed by atoms with E-state index in [4.69, 9.17) is 4.74 Å². The Labute approximate surface area is 139 Å². The molecule has 0 aliphatic carbocycles. The fourth-order valence-electron chi connectivity index (χ4n) is 2.83.